The molecule has 2 rings (SSSR count). The lowest BCUT2D eigenvalue weighted by molar-refractivity contribution is -0.139. The third kappa shape index (κ3) is 4.70. The Kier molecular flexibility index (Phi) is 6.25. The van der Waals surface area contributed by atoms with Crippen molar-refractivity contribution in [1.82, 2.24) is 0 Å². The third-order valence-electron chi connectivity index (χ3n) is 5.36. The average Bonchev–Trinajstić information content (AvgIpc) is 2.44. The number of aliphatic hydroxyl groups is 1. The lowest BCUT2D eigenvalue weighted by Crippen LogP contribution is -2.28. The summed E-state index contributed by atoms with van der Waals surface area (Å²) in [7, 11) is 0. The van der Waals surface area contributed by atoms with Gasteiger partial charge in [0.15, 0.2) is 0 Å². The smallest absolute Gasteiger partial charge is 0.305 e. The highest BCUT2D eigenvalue weighted by Crippen LogP contribution is 2.43. The molecular formula is C19H30O3. The van der Waals surface area contributed by atoms with Gasteiger partial charge in [0.2, 0.25) is 0 Å². The first-order valence-electron chi connectivity index (χ1n) is 8.77. The molecule has 3 nitrogen and oxygen atoms in total. The van der Waals surface area contributed by atoms with Crippen LogP contribution in [0.4, 0.5) is 0 Å². The number of carbonyl (C=O) groups is 1. The van der Waals surface area contributed by atoms with Crippen LogP contribution in [0.1, 0.15) is 58.8 Å². The van der Waals surface area contributed by atoms with E-state index in [-0.39, 0.29) is 6.42 Å². The molecule has 0 aromatic heterocycles. The Bertz CT molecular complexity index is 438. The molecule has 0 saturated carbocycles. The molecule has 0 fully saturated rings. The number of fused-ring (bicyclic) bond motifs is 1. The van der Waals surface area contributed by atoms with E-state index in [1.807, 2.05) is 0 Å². The van der Waals surface area contributed by atoms with Crippen LogP contribution < -0.4 is 0 Å². The lowest BCUT2D eigenvalue weighted by atomic mass is 9.67. The molecule has 22 heavy (non-hydrogen) atoms. The minimum Gasteiger partial charge on any atom is -0.481 e. The van der Waals surface area contributed by atoms with Crippen LogP contribution >= 0.6 is 0 Å². The first-order valence-corrected chi connectivity index (χ1v) is 8.77. The monoisotopic (exact) mass is 306 g/mol. The van der Waals surface area contributed by atoms with E-state index in [2.05, 4.69) is 32.1 Å². The fourth-order valence-electron chi connectivity index (χ4n) is 4.08. The number of allylic oxidation sites excluding steroid dienone is 4. The molecule has 2 N–H and O–H groups in total. The van der Waals surface area contributed by atoms with E-state index in [1.165, 1.54) is 24.8 Å². The number of aliphatic carboxylic acids is 1. The fourth-order valence-corrected chi connectivity index (χ4v) is 4.08. The number of hydrogen-bond donors (Lipinski definition) is 2. The Hall–Kier alpha value is -1.09. The normalized spacial score (nSPS) is 32.2. The summed E-state index contributed by atoms with van der Waals surface area (Å²) < 4.78 is 0. The largest absolute Gasteiger partial charge is 0.481 e. The highest BCUT2D eigenvalue weighted by molar-refractivity contribution is 5.67. The van der Waals surface area contributed by atoms with Crippen molar-refractivity contribution >= 4 is 5.97 Å². The van der Waals surface area contributed by atoms with E-state index in [1.54, 1.807) is 0 Å². The van der Waals surface area contributed by atoms with Crippen molar-refractivity contribution in [3.8, 4) is 0 Å². The van der Waals surface area contributed by atoms with E-state index >= 15 is 0 Å². The van der Waals surface area contributed by atoms with Crippen LogP contribution in [-0.4, -0.2) is 22.3 Å². The van der Waals surface area contributed by atoms with Gasteiger partial charge in [-0.25, -0.2) is 0 Å². The molecule has 0 amide bonds. The van der Waals surface area contributed by atoms with Crippen molar-refractivity contribution in [3.05, 3.63) is 23.8 Å². The number of carboxylic acids is 1. The second kappa shape index (κ2) is 7.96. The topological polar surface area (TPSA) is 57.5 Å². The Morgan fingerprint density at radius 2 is 2.09 bits per heavy atom. The molecule has 0 bridgehead atoms. The van der Waals surface area contributed by atoms with Gasteiger partial charge >= 0.3 is 5.97 Å². The summed E-state index contributed by atoms with van der Waals surface area (Å²) in [6.45, 7) is 4.61. The first kappa shape index (κ1) is 17.3. The molecule has 5 atom stereocenters. The van der Waals surface area contributed by atoms with Gasteiger partial charge in [-0.3, -0.25) is 4.79 Å². The van der Waals surface area contributed by atoms with Crippen LogP contribution in [0.25, 0.3) is 0 Å². The van der Waals surface area contributed by atoms with E-state index in [9.17, 15) is 9.90 Å². The molecule has 0 aromatic rings. The zero-order chi connectivity index (χ0) is 16.1. The van der Waals surface area contributed by atoms with Gasteiger partial charge in [-0.2, -0.15) is 0 Å². The number of hydrogen-bond acceptors (Lipinski definition) is 2. The van der Waals surface area contributed by atoms with E-state index in [4.69, 9.17) is 5.11 Å². The van der Waals surface area contributed by atoms with E-state index in [0.717, 1.165) is 12.8 Å². The highest BCUT2D eigenvalue weighted by Gasteiger charge is 2.32. The summed E-state index contributed by atoms with van der Waals surface area (Å²) >= 11 is 0. The number of aliphatic hydroxyl groups excluding tert-OH is 1. The molecule has 0 spiro atoms. The van der Waals surface area contributed by atoms with Gasteiger partial charge in [0, 0.05) is 0 Å². The molecule has 0 heterocycles. The Balaban J connectivity index is 1.80. The van der Waals surface area contributed by atoms with Crippen LogP contribution in [0.15, 0.2) is 23.8 Å². The predicted molar refractivity (Wildman–Crippen MR) is 88.5 cm³/mol. The van der Waals surface area contributed by atoms with Crippen molar-refractivity contribution in [2.45, 2.75) is 64.9 Å². The predicted octanol–water partition coefficient (Wildman–Crippen LogP) is 4.18. The van der Waals surface area contributed by atoms with Crippen LogP contribution in [0.5, 0.6) is 0 Å². The minimum absolute atomic E-state index is 0.129. The van der Waals surface area contributed by atoms with Crippen molar-refractivity contribution in [2.24, 2.45) is 23.7 Å². The Morgan fingerprint density at radius 3 is 2.82 bits per heavy atom. The van der Waals surface area contributed by atoms with Gasteiger partial charge in [0.1, 0.15) is 0 Å². The van der Waals surface area contributed by atoms with Gasteiger partial charge in [-0.1, -0.05) is 44.9 Å². The summed E-state index contributed by atoms with van der Waals surface area (Å²) in [5.41, 5.74) is 1.53. The number of carboxylic acid groups (broad SMARTS) is 1. The molecule has 2 aliphatic rings. The second-order valence-corrected chi connectivity index (χ2v) is 7.25. The summed E-state index contributed by atoms with van der Waals surface area (Å²) in [5, 5.41) is 18.3. The summed E-state index contributed by atoms with van der Waals surface area (Å²) in [6, 6.07) is 0. The Labute approximate surface area is 134 Å². The maximum atomic E-state index is 10.5. The van der Waals surface area contributed by atoms with Crippen LogP contribution in [0.3, 0.4) is 0 Å². The summed E-state index contributed by atoms with van der Waals surface area (Å²) in [5.74, 6) is 1.83. The first-order chi connectivity index (χ1) is 10.5. The lowest BCUT2D eigenvalue weighted by Gasteiger charge is -2.38. The highest BCUT2D eigenvalue weighted by atomic mass is 16.4. The van der Waals surface area contributed by atoms with Crippen molar-refractivity contribution in [1.29, 1.82) is 0 Å². The van der Waals surface area contributed by atoms with Gasteiger partial charge in [-0.05, 0) is 54.9 Å². The Morgan fingerprint density at radius 1 is 1.32 bits per heavy atom. The molecule has 0 saturated heterocycles. The van der Waals surface area contributed by atoms with Crippen molar-refractivity contribution in [3.63, 3.8) is 0 Å². The maximum Gasteiger partial charge on any atom is 0.305 e. The second-order valence-electron chi connectivity index (χ2n) is 7.25. The standard InChI is InChI=1S/C19H30O3/c1-13-7-10-18-15(11-13)9-8-14(2)17(18)6-4-3-5-16(20)12-19(21)22/h8-9,11,13-14,16-18,20H,3-7,10,12H2,1-2H3,(H,21,22)/t13-,14+,16-,17+,18?/m1/s1. The van der Waals surface area contributed by atoms with E-state index < -0.39 is 12.1 Å². The van der Waals surface area contributed by atoms with Gasteiger partial charge in [0.25, 0.3) is 0 Å². The van der Waals surface area contributed by atoms with Gasteiger partial charge in [-0.15, -0.1) is 0 Å². The number of rotatable bonds is 7. The molecule has 1 unspecified atom stereocenters. The molecule has 3 heteroatoms. The molecule has 0 aromatic carbocycles. The zero-order valence-corrected chi connectivity index (χ0v) is 13.9. The zero-order valence-electron chi connectivity index (χ0n) is 13.9. The van der Waals surface area contributed by atoms with Crippen LogP contribution in [-0.2, 0) is 4.79 Å². The number of unbranched alkanes of at least 4 members (excludes halogenated alkanes) is 1. The van der Waals surface area contributed by atoms with Gasteiger partial charge < -0.3 is 10.2 Å². The molecular weight excluding hydrogens is 276 g/mol. The van der Waals surface area contributed by atoms with Crippen molar-refractivity contribution in [2.75, 3.05) is 0 Å². The third-order valence-corrected chi connectivity index (χ3v) is 5.36. The summed E-state index contributed by atoms with van der Waals surface area (Å²) in [6.07, 6.45) is 12.7. The maximum absolute atomic E-state index is 10.5. The van der Waals surface area contributed by atoms with Crippen LogP contribution in [0.2, 0.25) is 0 Å². The van der Waals surface area contributed by atoms with Crippen LogP contribution in [0, 0.1) is 23.7 Å². The quantitative estimate of drug-likeness (QED) is 0.694. The average molecular weight is 306 g/mol. The summed E-state index contributed by atoms with van der Waals surface area (Å²) in [4.78, 5) is 10.5. The molecule has 124 valence electrons. The molecule has 0 aliphatic heterocycles. The van der Waals surface area contributed by atoms with E-state index in [0.29, 0.717) is 30.1 Å². The SMILES string of the molecule is C[C@H]1C=C2C=C[C@H](C)[C@H](CCCC[C@@H](O)CC(=O)O)C2CC1. The molecule has 2 aliphatic carbocycles. The van der Waals surface area contributed by atoms with Crippen molar-refractivity contribution < 1.29 is 15.0 Å². The molecule has 0 radical (unpaired) electrons. The fraction of sp³-hybridized carbons (Fsp3) is 0.737. The van der Waals surface area contributed by atoms with Gasteiger partial charge in [0.05, 0.1) is 12.5 Å². The minimum atomic E-state index is -0.912.